The SMILES string of the molecule is CCNc1nc2cc(-c3ccc(/C=C4\SC(=O)NC4=O)cn3)cc(OC(C)C)c2[nH]1. The Bertz CT molecular complexity index is 1150. The van der Waals surface area contributed by atoms with Crippen LogP contribution in [0.1, 0.15) is 26.3 Å². The molecule has 1 saturated heterocycles. The molecule has 0 aliphatic carbocycles. The second-order valence-corrected chi connectivity index (χ2v) is 7.99. The molecule has 3 aromatic rings. The fourth-order valence-corrected chi connectivity index (χ4v) is 3.74. The van der Waals surface area contributed by atoms with Crippen molar-refractivity contribution < 1.29 is 14.3 Å². The van der Waals surface area contributed by atoms with Gasteiger partial charge in [-0.15, -0.1) is 0 Å². The van der Waals surface area contributed by atoms with E-state index in [4.69, 9.17) is 4.74 Å². The number of carbonyl (C=O) groups excluding carboxylic acids is 2. The predicted octanol–water partition coefficient (Wildman–Crippen LogP) is 4.17. The summed E-state index contributed by atoms with van der Waals surface area (Å²) in [5, 5.41) is 5.06. The minimum Gasteiger partial charge on any atom is -0.489 e. The number of pyridine rings is 1. The van der Waals surface area contributed by atoms with E-state index in [9.17, 15) is 9.59 Å². The van der Waals surface area contributed by atoms with Gasteiger partial charge in [0.2, 0.25) is 5.95 Å². The van der Waals surface area contributed by atoms with Gasteiger partial charge < -0.3 is 15.0 Å². The third kappa shape index (κ3) is 4.16. The van der Waals surface area contributed by atoms with E-state index in [0.717, 1.165) is 46.2 Å². The number of rotatable bonds is 6. The summed E-state index contributed by atoms with van der Waals surface area (Å²) in [6.45, 7) is 6.72. The van der Waals surface area contributed by atoms with Gasteiger partial charge in [-0.3, -0.25) is 19.9 Å². The van der Waals surface area contributed by atoms with Gasteiger partial charge in [0.15, 0.2) is 0 Å². The summed E-state index contributed by atoms with van der Waals surface area (Å²) >= 11 is 0.884. The number of carbonyl (C=O) groups is 2. The molecule has 0 radical (unpaired) electrons. The van der Waals surface area contributed by atoms with Crippen LogP contribution in [0.4, 0.5) is 10.7 Å². The molecule has 2 aromatic heterocycles. The number of imidazole rings is 1. The molecule has 0 bridgehead atoms. The summed E-state index contributed by atoms with van der Waals surface area (Å²) in [5.41, 5.74) is 3.97. The molecule has 9 heteroatoms. The van der Waals surface area contributed by atoms with Gasteiger partial charge in [-0.25, -0.2) is 4.98 Å². The van der Waals surface area contributed by atoms with E-state index in [1.165, 1.54) is 0 Å². The molecule has 0 spiro atoms. The molecule has 8 nitrogen and oxygen atoms in total. The highest BCUT2D eigenvalue weighted by atomic mass is 32.2. The highest BCUT2D eigenvalue weighted by Gasteiger charge is 2.25. The van der Waals surface area contributed by atoms with Crippen LogP contribution in [-0.2, 0) is 4.79 Å². The molecule has 154 valence electrons. The topological polar surface area (TPSA) is 109 Å². The maximum atomic E-state index is 11.7. The smallest absolute Gasteiger partial charge is 0.290 e. The number of anilines is 1. The number of aromatic nitrogens is 3. The molecule has 0 atom stereocenters. The molecule has 2 amide bonds. The van der Waals surface area contributed by atoms with Gasteiger partial charge in [-0.05, 0) is 62.4 Å². The number of benzene rings is 1. The lowest BCUT2D eigenvalue weighted by molar-refractivity contribution is -0.115. The standard InChI is InChI=1S/C21H21N5O3S/c1-4-22-20-24-15-8-13(9-16(18(15)25-20)29-11(2)3)14-6-5-12(10-23-14)7-17-19(27)26-21(28)30-17/h5-11H,4H2,1-3H3,(H2,22,24,25)(H,26,27,28)/b17-7-. The van der Waals surface area contributed by atoms with E-state index >= 15 is 0 Å². The summed E-state index contributed by atoms with van der Waals surface area (Å²) in [5.74, 6) is 1.01. The lowest BCUT2D eigenvalue weighted by Gasteiger charge is -2.12. The summed E-state index contributed by atoms with van der Waals surface area (Å²) in [7, 11) is 0. The molecular weight excluding hydrogens is 402 g/mol. The number of hydrogen-bond donors (Lipinski definition) is 3. The highest BCUT2D eigenvalue weighted by molar-refractivity contribution is 8.18. The van der Waals surface area contributed by atoms with Crippen LogP contribution in [0.3, 0.4) is 0 Å². The molecule has 4 rings (SSSR count). The zero-order valence-corrected chi connectivity index (χ0v) is 17.6. The lowest BCUT2D eigenvalue weighted by Crippen LogP contribution is -2.17. The van der Waals surface area contributed by atoms with Crippen LogP contribution in [-0.4, -0.2) is 38.7 Å². The zero-order chi connectivity index (χ0) is 21.3. The van der Waals surface area contributed by atoms with E-state index in [0.29, 0.717) is 16.6 Å². The fraction of sp³-hybridized carbons (Fsp3) is 0.238. The highest BCUT2D eigenvalue weighted by Crippen LogP contribution is 2.33. The number of hydrogen-bond acceptors (Lipinski definition) is 7. The van der Waals surface area contributed by atoms with Gasteiger partial charge in [0.05, 0.1) is 22.2 Å². The van der Waals surface area contributed by atoms with Gasteiger partial charge in [0.1, 0.15) is 11.3 Å². The van der Waals surface area contributed by atoms with Crippen LogP contribution in [0.15, 0.2) is 35.4 Å². The molecule has 3 N–H and O–H groups in total. The Labute approximate surface area is 177 Å². The van der Waals surface area contributed by atoms with Crippen molar-refractivity contribution in [2.24, 2.45) is 0 Å². The second kappa shape index (κ2) is 8.19. The number of amides is 2. The van der Waals surface area contributed by atoms with Crippen LogP contribution in [0, 0.1) is 0 Å². The Morgan fingerprint density at radius 2 is 2.10 bits per heavy atom. The quantitative estimate of drug-likeness (QED) is 0.511. The second-order valence-electron chi connectivity index (χ2n) is 6.98. The summed E-state index contributed by atoms with van der Waals surface area (Å²) in [4.78, 5) is 35.7. The first-order valence-electron chi connectivity index (χ1n) is 9.58. The number of ether oxygens (including phenoxy) is 1. The van der Waals surface area contributed by atoms with Crippen LogP contribution in [0.5, 0.6) is 5.75 Å². The summed E-state index contributed by atoms with van der Waals surface area (Å²) < 4.78 is 6.00. The van der Waals surface area contributed by atoms with E-state index in [-0.39, 0.29) is 17.3 Å². The Morgan fingerprint density at radius 3 is 2.73 bits per heavy atom. The molecule has 0 unspecified atom stereocenters. The van der Waals surface area contributed by atoms with Gasteiger partial charge in [-0.1, -0.05) is 6.07 Å². The summed E-state index contributed by atoms with van der Waals surface area (Å²) in [6.07, 6.45) is 3.32. The van der Waals surface area contributed by atoms with Crippen LogP contribution in [0.25, 0.3) is 28.4 Å². The third-order valence-electron chi connectivity index (χ3n) is 4.29. The number of aromatic amines is 1. The zero-order valence-electron chi connectivity index (χ0n) is 16.8. The van der Waals surface area contributed by atoms with Gasteiger partial charge >= 0.3 is 0 Å². The Kier molecular flexibility index (Phi) is 5.45. The molecule has 1 aromatic carbocycles. The first-order chi connectivity index (χ1) is 14.4. The van der Waals surface area contributed by atoms with E-state index < -0.39 is 0 Å². The van der Waals surface area contributed by atoms with Crippen molar-refractivity contribution in [2.75, 3.05) is 11.9 Å². The molecule has 1 aliphatic heterocycles. The Hall–Kier alpha value is -3.33. The van der Waals surface area contributed by atoms with E-state index in [1.54, 1.807) is 12.3 Å². The van der Waals surface area contributed by atoms with Crippen LogP contribution < -0.4 is 15.4 Å². The molecule has 0 saturated carbocycles. The van der Waals surface area contributed by atoms with Crippen molar-refractivity contribution in [1.29, 1.82) is 0 Å². The molecular formula is C21H21N5O3S. The van der Waals surface area contributed by atoms with Gasteiger partial charge in [0.25, 0.3) is 11.1 Å². The molecule has 1 fully saturated rings. The van der Waals surface area contributed by atoms with Crippen molar-refractivity contribution in [3.05, 3.63) is 40.9 Å². The Balaban J connectivity index is 1.69. The van der Waals surface area contributed by atoms with Gasteiger partial charge in [-0.2, -0.15) is 0 Å². The number of nitrogens with one attached hydrogen (secondary N) is 3. The number of H-pyrrole nitrogens is 1. The third-order valence-corrected chi connectivity index (χ3v) is 5.10. The monoisotopic (exact) mass is 423 g/mol. The van der Waals surface area contributed by atoms with Gasteiger partial charge in [0, 0.05) is 18.3 Å². The Morgan fingerprint density at radius 1 is 1.27 bits per heavy atom. The first-order valence-corrected chi connectivity index (χ1v) is 10.4. The van der Waals surface area contributed by atoms with Crippen molar-refractivity contribution in [3.63, 3.8) is 0 Å². The lowest BCUT2D eigenvalue weighted by atomic mass is 10.1. The van der Waals surface area contributed by atoms with Crippen molar-refractivity contribution in [3.8, 4) is 17.0 Å². The maximum Gasteiger partial charge on any atom is 0.290 e. The van der Waals surface area contributed by atoms with Crippen molar-refractivity contribution in [2.45, 2.75) is 26.9 Å². The normalized spacial score (nSPS) is 15.3. The van der Waals surface area contributed by atoms with Crippen LogP contribution in [0.2, 0.25) is 0 Å². The van der Waals surface area contributed by atoms with E-state index in [1.807, 2.05) is 45.0 Å². The van der Waals surface area contributed by atoms with Crippen molar-refractivity contribution in [1.82, 2.24) is 20.3 Å². The minimum absolute atomic E-state index is 0.00839. The average Bonchev–Trinajstić information content (AvgIpc) is 3.24. The maximum absolute atomic E-state index is 11.7. The molecule has 3 heterocycles. The minimum atomic E-state index is -0.384. The predicted molar refractivity (Wildman–Crippen MR) is 118 cm³/mol. The number of fused-ring (bicyclic) bond motifs is 1. The van der Waals surface area contributed by atoms with Crippen LogP contribution >= 0.6 is 11.8 Å². The average molecular weight is 423 g/mol. The molecule has 30 heavy (non-hydrogen) atoms. The fourth-order valence-electron chi connectivity index (χ4n) is 3.06. The van der Waals surface area contributed by atoms with E-state index in [2.05, 4.69) is 25.6 Å². The number of imide groups is 1. The molecule has 1 aliphatic rings. The first kappa shape index (κ1) is 20.0. The summed E-state index contributed by atoms with van der Waals surface area (Å²) in [6, 6.07) is 7.62. The largest absolute Gasteiger partial charge is 0.489 e. The number of thioether (sulfide) groups is 1. The van der Waals surface area contributed by atoms with Crippen molar-refractivity contribution >= 4 is 46.0 Å². The number of nitrogens with zero attached hydrogens (tertiary/aromatic N) is 2.